The standard InChI is InChI=1S/C14H16N2O3S/c1-19-14(18)7-9-20-8-6-13(17)16-12-4-2-11(10-15)3-5-12/h2-5H,6-9H2,1H3,(H,16,17). The molecule has 0 aliphatic rings. The molecule has 0 unspecified atom stereocenters. The molecule has 1 aromatic rings. The SMILES string of the molecule is COC(=O)CCSCCC(=O)Nc1ccc(C#N)cc1. The number of methoxy groups -OCH3 is 1. The lowest BCUT2D eigenvalue weighted by Crippen LogP contribution is -2.12. The quantitative estimate of drug-likeness (QED) is 0.615. The maximum Gasteiger partial charge on any atom is 0.306 e. The minimum atomic E-state index is -0.237. The molecule has 0 radical (unpaired) electrons. The molecule has 0 spiro atoms. The molecule has 0 atom stereocenters. The van der Waals surface area contributed by atoms with Crippen LogP contribution in [0.3, 0.4) is 0 Å². The van der Waals surface area contributed by atoms with Crippen LogP contribution in [0.1, 0.15) is 18.4 Å². The van der Waals surface area contributed by atoms with Crippen molar-refractivity contribution in [2.75, 3.05) is 23.9 Å². The van der Waals surface area contributed by atoms with Gasteiger partial charge in [-0.05, 0) is 24.3 Å². The molecule has 0 bridgehead atoms. The van der Waals surface area contributed by atoms with Gasteiger partial charge in [-0.15, -0.1) is 0 Å². The van der Waals surface area contributed by atoms with E-state index < -0.39 is 0 Å². The highest BCUT2D eigenvalue weighted by atomic mass is 32.2. The molecule has 6 heteroatoms. The number of nitrogens with zero attached hydrogens (tertiary/aromatic N) is 1. The summed E-state index contributed by atoms with van der Waals surface area (Å²) in [6.45, 7) is 0. The van der Waals surface area contributed by atoms with Crippen molar-refractivity contribution in [3.05, 3.63) is 29.8 Å². The van der Waals surface area contributed by atoms with Gasteiger partial charge in [0.05, 0.1) is 25.2 Å². The number of nitriles is 1. The summed E-state index contributed by atoms with van der Waals surface area (Å²) in [4.78, 5) is 22.5. The minimum Gasteiger partial charge on any atom is -0.469 e. The molecule has 0 heterocycles. The molecule has 0 saturated heterocycles. The third kappa shape index (κ3) is 6.25. The van der Waals surface area contributed by atoms with E-state index in [4.69, 9.17) is 5.26 Å². The normalized spacial score (nSPS) is 9.60. The summed E-state index contributed by atoms with van der Waals surface area (Å²) in [6.07, 6.45) is 0.740. The van der Waals surface area contributed by atoms with Crippen LogP contribution in [-0.4, -0.2) is 30.5 Å². The molecule has 1 rings (SSSR count). The van der Waals surface area contributed by atoms with E-state index in [0.29, 0.717) is 35.6 Å². The Morgan fingerprint density at radius 3 is 2.50 bits per heavy atom. The van der Waals surface area contributed by atoms with Crippen LogP contribution in [0.4, 0.5) is 5.69 Å². The number of anilines is 1. The molecule has 20 heavy (non-hydrogen) atoms. The highest BCUT2D eigenvalue weighted by Crippen LogP contribution is 2.10. The molecule has 5 nitrogen and oxygen atoms in total. The lowest BCUT2D eigenvalue weighted by Gasteiger charge is -2.05. The van der Waals surface area contributed by atoms with Crippen LogP contribution >= 0.6 is 11.8 Å². The Bertz CT molecular complexity index is 494. The minimum absolute atomic E-state index is 0.0831. The number of benzene rings is 1. The summed E-state index contributed by atoms with van der Waals surface area (Å²) in [5, 5.41) is 11.4. The van der Waals surface area contributed by atoms with E-state index in [-0.39, 0.29) is 11.9 Å². The Morgan fingerprint density at radius 2 is 1.90 bits per heavy atom. The van der Waals surface area contributed by atoms with Crippen LogP contribution in [0.25, 0.3) is 0 Å². The van der Waals surface area contributed by atoms with Crippen molar-refractivity contribution < 1.29 is 14.3 Å². The van der Waals surface area contributed by atoms with Gasteiger partial charge in [-0.1, -0.05) is 0 Å². The van der Waals surface area contributed by atoms with Crippen LogP contribution in [-0.2, 0) is 14.3 Å². The zero-order valence-electron chi connectivity index (χ0n) is 11.2. The molecule has 1 N–H and O–H groups in total. The molecule has 0 fully saturated rings. The number of thioether (sulfide) groups is 1. The van der Waals surface area contributed by atoms with Crippen LogP contribution in [0.5, 0.6) is 0 Å². The average Bonchev–Trinajstić information content (AvgIpc) is 2.47. The summed E-state index contributed by atoms with van der Waals surface area (Å²) >= 11 is 1.54. The number of esters is 1. The zero-order chi connectivity index (χ0) is 14.8. The molecule has 0 aliphatic heterocycles. The van der Waals surface area contributed by atoms with Crippen LogP contribution in [0, 0.1) is 11.3 Å². The fourth-order valence-corrected chi connectivity index (χ4v) is 2.22. The Morgan fingerprint density at radius 1 is 1.25 bits per heavy atom. The van der Waals surface area contributed by atoms with E-state index in [2.05, 4.69) is 10.1 Å². The molecular weight excluding hydrogens is 276 g/mol. The molecule has 0 aromatic heterocycles. The molecule has 106 valence electrons. The van der Waals surface area contributed by atoms with E-state index in [1.807, 2.05) is 6.07 Å². The number of rotatable bonds is 7. The fourth-order valence-electron chi connectivity index (χ4n) is 1.38. The first-order chi connectivity index (χ1) is 9.65. The van der Waals surface area contributed by atoms with Crippen molar-refractivity contribution in [2.24, 2.45) is 0 Å². The largest absolute Gasteiger partial charge is 0.469 e. The molecule has 1 amide bonds. The monoisotopic (exact) mass is 292 g/mol. The second kappa shape index (κ2) is 8.99. The third-order valence-corrected chi connectivity index (χ3v) is 3.44. The smallest absolute Gasteiger partial charge is 0.306 e. The Labute approximate surface area is 122 Å². The number of hydrogen-bond donors (Lipinski definition) is 1. The Hall–Kier alpha value is -2.00. The summed E-state index contributed by atoms with van der Waals surface area (Å²) in [6, 6.07) is 8.71. The lowest BCUT2D eigenvalue weighted by molar-refractivity contribution is -0.140. The second-order valence-corrected chi connectivity index (χ2v) is 5.15. The first kappa shape index (κ1) is 16.1. The van der Waals surface area contributed by atoms with Gasteiger partial charge in [0.1, 0.15) is 0 Å². The maximum atomic E-state index is 11.6. The van der Waals surface area contributed by atoms with E-state index >= 15 is 0 Å². The number of nitrogens with one attached hydrogen (secondary N) is 1. The summed E-state index contributed by atoms with van der Waals surface area (Å²) in [7, 11) is 1.36. The van der Waals surface area contributed by atoms with Crippen LogP contribution in [0.2, 0.25) is 0 Å². The van der Waals surface area contributed by atoms with Gasteiger partial charge >= 0.3 is 5.97 Å². The predicted molar refractivity (Wildman–Crippen MR) is 78.4 cm³/mol. The number of carbonyl (C=O) groups excluding carboxylic acids is 2. The van der Waals surface area contributed by atoms with Crippen molar-refractivity contribution in [1.29, 1.82) is 5.26 Å². The van der Waals surface area contributed by atoms with Crippen LogP contribution < -0.4 is 5.32 Å². The summed E-state index contributed by atoms with van der Waals surface area (Å²) in [5.41, 5.74) is 1.23. The Kier molecular flexibility index (Phi) is 7.22. The van der Waals surface area contributed by atoms with Crippen molar-refractivity contribution in [3.63, 3.8) is 0 Å². The first-order valence-corrected chi connectivity index (χ1v) is 7.25. The Balaban J connectivity index is 2.20. The lowest BCUT2D eigenvalue weighted by atomic mass is 10.2. The van der Waals surface area contributed by atoms with Gasteiger partial charge in [-0.3, -0.25) is 9.59 Å². The van der Waals surface area contributed by atoms with Crippen molar-refractivity contribution in [3.8, 4) is 6.07 Å². The number of hydrogen-bond acceptors (Lipinski definition) is 5. The highest BCUT2D eigenvalue weighted by Gasteiger charge is 2.04. The fraction of sp³-hybridized carbons (Fsp3) is 0.357. The molecule has 1 aromatic carbocycles. The van der Waals surface area contributed by atoms with Crippen LogP contribution in [0.15, 0.2) is 24.3 Å². The van der Waals surface area contributed by atoms with Gasteiger partial charge in [0, 0.05) is 23.6 Å². The molecular formula is C14H16N2O3S. The average molecular weight is 292 g/mol. The van der Waals surface area contributed by atoms with E-state index in [0.717, 1.165) is 0 Å². The number of ether oxygens (including phenoxy) is 1. The van der Waals surface area contributed by atoms with Crippen molar-refractivity contribution >= 4 is 29.3 Å². The summed E-state index contributed by atoms with van der Waals surface area (Å²) in [5.74, 6) is 0.982. The van der Waals surface area contributed by atoms with Gasteiger partial charge in [-0.2, -0.15) is 17.0 Å². The van der Waals surface area contributed by atoms with Crippen molar-refractivity contribution in [1.82, 2.24) is 0 Å². The third-order valence-electron chi connectivity index (χ3n) is 2.45. The topological polar surface area (TPSA) is 79.2 Å². The van der Waals surface area contributed by atoms with Gasteiger partial charge < -0.3 is 10.1 Å². The maximum absolute atomic E-state index is 11.6. The second-order valence-electron chi connectivity index (χ2n) is 3.93. The van der Waals surface area contributed by atoms with E-state index in [1.165, 1.54) is 18.9 Å². The zero-order valence-corrected chi connectivity index (χ0v) is 12.0. The van der Waals surface area contributed by atoms with Crippen molar-refractivity contribution in [2.45, 2.75) is 12.8 Å². The first-order valence-electron chi connectivity index (χ1n) is 6.10. The highest BCUT2D eigenvalue weighted by molar-refractivity contribution is 7.99. The van der Waals surface area contributed by atoms with Gasteiger partial charge in [0.25, 0.3) is 0 Å². The van der Waals surface area contributed by atoms with E-state index in [9.17, 15) is 9.59 Å². The number of amides is 1. The van der Waals surface area contributed by atoms with E-state index in [1.54, 1.807) is 24.3 Å². The van der Waals surface area contributed by atoms with Gasteiger partial charge in [0.2, 0.25) is 5.91 Å². The predicted octanol–water partition coefficient (Wildman–Crippen LogP) is 2.18. The van der Waals surface area contributed by atoms with Gasteiger partial charge in [0.15, 0.2) is 0 Å². The summed E-state index contributed by atoms with van der Waals surface area (Å²) < 4.78 is 4.52. The molecule has 0 aliphatic carbocycles. The molecule has 0 saturated carbocycles. The number of carbonyl (C=O) groups is 2. The van der Waals surface area contributed by atoms with Gasteiger partial charge in [-0.25, -0.2) is 0 Å².